The second-order valence-electron chi connectivity index (χ2n) is 3.71. The molecule has 0 spiro atoms. The zero-order valence-corrected chi connectivity index (χ0v) is 9.12. The molecule has 1 unspecified atom stereocenters. The highest BCUT2D eigenvalue weighted by atomic mass is 19.1. The van der Waals surface area contributed by atoms with Gasteiger partial charge in [-0.3, -0.25) is 4.79 Å². The molecule has 0 aliphatic heterocycles. The van der Waals surface area contributed by atoms with Crippen LogP contribution in [0.15, 0.2) is 18.2 Å². The molecular formula is C11H15FN2O. The maximum absolute atomic E-state index is 13.0. The van der Waals surface area contributed by atoms with Gasteiger partial charge in [0.1, 0.15) is 5.82 Å². The molecule has 0 amide bonds. The summed E-state index contributed by atoms with van der Waals surface area (Å²) in [5.41, 5.74) is 6.52. The third-order valence-electron chi connectivity index (χ3n) is 2.12. The molecule has 0 saturated carbocycles. The molecule has 4 heteroatoms. The molecule has 1 rings (SSSR count). The van der Waals surface area contributed by atoms with E-state index in [1.54, 1.807) is 25.9 Å². The summed E-state index contributed by atoms with van der Waals surface area (Å²) in [5.74, 6) is -0.543. The van der Waals surface area contributed by atoms with Crippen LogP contribution in [0.5, 0.6) is 0 Å². The predicted molar refractivity (Wildman–Crippen MR) is 58.7 cm³/mol. The van der Waals surface area contributed by atoms with Gasteiger partial charge >= 0.3 is 0 Å². The Morgan fingerprint density at radius 3 is 2.53 bits per heavy atom. The number of nitrogens with two attached hydrogens (primary N) is 1. The van der Waals surface area contributed by atoms with E-state index >= 15 is 0 Å². The smallest absolute Gasteiger partial charge is 0.181 e. The Hall–Kier alpha value is -1.42. The van der Waals surface area contributed by atoms with Crippen molar-refractivity contribution in [1.29, 1.82) is 0 Å². The van der Waals surface area contributed by atoms with Crippen LogP contribution in [0.25, 0.3) is 0 Å². The standard InChI is InChI=1S/C11H15FN2O/c1-7(13)11(15)9-5-4-8(12)6-10(9)14(2)3/h4-7H,13H2,1-3H3. The summed E-state index contributed by atoms with van der Waals surface area (Å²) in [6, 6.07) is 3.49. The molecule has 82 valence electrons. The molecule has 2 N–H and O–H groups in total. The van der Waals surface area contributed by atoms with Crippen molar-refractivity contribution in [3.05, 3.63) is 29.6 Å². The molecule has 15 heavy (non-hydrogen) atoms. The van der Waals surface area contributed by atoms with E-state index in [1.165, 1.54) is 18.2 Å². The van der Waals surface area contributed by atoms with E-state index in [9.17, 15) is 9.18 Å². The molecule has 0 bridgehead atoms. The van der Waals surface area contributed by atoms with E-state index in [0.29, 0.717) is 11.3 Å². The molecule has 0 heterocycles. The minimum absolute atomic E-state index is 0.182. The van der Waals surface area contributed by atoms with Gasteiger partial charge in [-0.2, -0.15) is 0 Å². The molecule has 1 aromatic carbocycles. The molecule has 0 aromatic heterocycles. The summed E-state index contributed by atoms with van der Waals surface area (Å²) >= 11 is 0. The summed E-state index contributed by atoms with van der Waals surface area (Å²) in [7, 11) is 3.51. The third-order valence-corrected chi connectivity index (χ3v) is 2.12. The Morgan fingerprint density at radius 1 is 1.47 bits per heavy atom. The van der Waals surface area contributed by atoms with Crippen LogP contribution in [0, 0.1) is 5.82 Å². The first kappa shape index (κ1) is 11.7. The van der Waals surface area contributed by atoms with Crippen molar-refractivity contribution >= 4 is 11.5 Å². The van der Waals surface area contributed by atoms with Crippen LogP contribution in [-0.2, 0) is 0 Å². The fourth-order valence-electron chi connectivity index (χ4n) is 1.33. The minimum atomic E-state index is -0.575. The molecule has 0 aliphatic carbocycles. The average molecular weight is 210 g/mol. The van der Waals surface area contributed by atoms with Gasteiger partial charge in [0.2, 0.25) is 0 Å². The summed E-state index contributed by atoms with van der Waals surface area (Å²) < 4.78 is 13.0. The SMILES string of the molecule is CC(N)C(=O)c1ccc(F)cc1N(C)C. The van der Waals surface area contributed by atoms with Gasteiger partial charge in [-0.15, -0.1) is 0 Å². The first-order valence-corrected chi connectivity index (χ1v) is 4.70. The van der Waals surface area contributed by atoms with E-state index in [0.717, 1.165) is 0 Å². The predicted octanol–water partition coefficient (Wildman–Crippen LogP) is 1.42. The van der Waals surface area contributed by atoms with Gasteiger partial charge in [0.05, 0.1) is 11.7 Å². The molecular weight excluding hydrogens is 195 g/mol. The zero-order chi connectivity index (χ0) is 11.6. The van der Waals surface area contributed by atoms with Crippen molar-refractivity contribution in [1.82, 2.24) is 0 Å². The zero-order valence-electron chi connectivity index (χ0n) is 9.12. The molecule has 1 aromatic rings. The monoisotopic (exact) mass is 210 g/mol. The van der Waals surface area contributed by atoms with Gasteiger partial charge in [-0.05, 0) is 25.1 Å². The van der Waals surface area contributed by atoms with Crippen LogP contribution < -0.4 is 10.6 Å². The fraction of sp³-hybridized carbons (Fsp3) is 0.364. The Kier molecular flexibility index (Phi) is 3.42. The number of halogens is 1. The van der Waals surface area contributed by atoms with Gasteiger partial charge in [0.25, 0.3) is 0 Å². The second-order valence-corrected chi connectivity index (χ2v) is 3.71. The van der Waals surface area contributed by atoms with Crippen molar-refractivity contribution in [2.75, 3.05) is 19.0 Å². The van der Waals surface area contributed by atoms with Gasteiger partial charge < -0.3 is 10.6 Å². The molecule has 0 radical (unpaired) electrons. The minimum Gasteiger partial charge on any atom is -0.377 e. The topological polar surface area (TPSA) is 46.3 Å². The average Bonchev–Trinajstić information content (AvgIpc) is 2.16. The first-order chi connectivity index (χ1) is 6.93. The number of nitrogens with zero attached hydrogens (tertiary/aromatic N) is 1. The van der Waals surface area contributed by atoms with E-state index in [2.05, 4.69) is 0 Å². The van der Waals surface area contributed by atoms with Crippen molar-refractivity contribution < 1.29 is 9.18 Å². The molecule has 0 aliphatic rings. The summed E-state index contributed by atoms with van der Waals surface area (Å²) in [6.07, 6.45) is 0. The highest BCUT2D eigenvalue weighted by Gasteiger charge is 2.16. The number of benzene rings is 1. The summed E-state index contributed by atoms with van der Waals surface area (Å²) in [6.45, 7) is 1.62. The van der Waals surface area contributed by atoms with Gasteiger partial charge in [-0.25, -0.2) is 4.39 Å². The summed E-state index contributed by atoms with van der Waals surface area (Å²) in [4.78, 5) is 13.4. The van der Waals surface area contributed by atoms with E-state index in [4.69, 9.17) is 5.73 Å². The normalized spacial score (nSPS) is 12.3. The number of carbonyl (C=O) groups is 1. The number of anilines is 1. The van der Waals surface area contributed by atoms with Gasteiger partial charge in [0, 0.05) is 19.7 Å². The molecule has 1 atom stereocenters. The highest BCUT2D eigenvalue weighted by molar-refractivity contribution is 6.04. The number of Topliss-reactive ketones (excluding diaryl/α,β-unsaturated/α-hetero) is 1. The largest absolute Gasteiger partial charge is 0.377 e. The fourth-order valence-corrected chi connectivity index (χ4v) is 1.33. The Bertz CT molecular complexity index is 375. The lowest BCUT2D eigenvalue weighted by Gasteiger charge is -2.17. The van der Waals surface area contributed by atoms with Crippen LogP contribution in [0.2, 0.25) is 0 Å². The van der Waals surface area contributed by atoms with Crippen LogP contribution >= 0.6 is 0 Å². The number of rotatable bonds is 3. The van der Waals surface area contributed by atoms with E-state index < -0.39 is 6.04 Å². The van der Waals surface area contributed by atoms with Gasteiger partial charge in [0.15, 0.2) is 5.78 Å². The van der Waals surface area contributed by atoms with Gasteiger partial charge in [-0.1, -0.05) is 0 Å². The third kappa shape index (κ3) is 2.53. The lowest BCUT2D eigenvalue weighted by molar-refractivity contribution is 0.0968. The number of hydrogen-bond acceptors (Lipinski definition) is 3. The quantitative estimate of drug-likeness (QED) is 0.767. The number of hydrogen-bond donors (Lipinski definition) is 1. The lowest BCUT2D eigenvalue weighted by Crippen LogP contribution is -2.28. The first-order valence-electron chi connectivity index (χ1n) is 4.70. The van der Waals surface area contributed by atoms with Crippen LogP contribution in [0.3, 0.4) is 0 Å². The molecule has 0 saturated heterocycles. The van der Waals surface area contributed by atoms with Crippen molar-refractivity contribution in [3.63, 3.8) is 0 Å². The highest BCUT2D eigenvalue weighted by Crippen LogP contribution is 2.21. The summed E-state index contributed by atoms with van der Waals surface area (Å²) in [5, 5.41) is 0. The number of carbonyl (C=O) groups excluding carboxylic acids is 1. The maximum Gasteiger partial charge on any atom is 0.181 e. The van der Waals surface area contributed by atoms with E-state index in [1.807, 2.05) is 0 Å². The number of ketones is 1. The van der Waals surface area contributed by atoms with Crippen LogP contribution in [-0.4, -0.2) is 25.9 Å². The lowest BCUT2D eigenvalue weighted by atomic mass is 10.0. The van der Waals surface area contributed by atoms with Crippen LogP contribution in [0.4, 0.5) is 10.1 Å². The van der Waals surface area contributed by atoms with E-state index in [-0.39, 0.29) is 11.6 Å². The Labute approximate surface area is 88.7 Å². The molecule has 0 fully saturated rings. The maximum atomic E-state index is 13.0. The second kappa shape index (κ2) is 4.40. The Balaban J connectivity index is 3.23. The van der Waals surface area contributed by atoms with Crippen molar-refractivity contribution in [2.45, 2.75) is 13.0 Å². The van der Waals surface area contributed by atoms with Crippen LogP contribution in [0.1, 0.15) is 17.3 Å². The molecule has 3 nitrogen and oxygen atoms in total. The van der Waals surface area contributed by atoms with Crippen molar-refractivity contribution in [2.24, 2.45) is 5.73 Å². The Morgan fingerprint density at radius 2 is 2.07 bits per heavy atom. The van der Waals surface area contributed by atoms with Crippen molar-refractivity contribution in [3.8, 4) is 0 Å².